The summed E-state index contributed by atoms with van der Waals surface area (Å²) in [6.07, 6.45) is 2.72. The van der Waals surface area contributed by atoms with Gasteiger partial charge in [-0.05, 0) is 24.6 Å². The number of anilines is 1. The highest BCUT2D eigenvalue weighted by Crippen LogP contribution is 2.21. The molecule has 7 heteroatoms. The zero-order valence-corrected chi connectivity index (χ0v) is 16.9. The van der Waals surface area contributed by atoms with Gasteiger partial charge in [-0.2, -0.15) is 0 Å². The van der Waals surface area contributed by atoms with Gasteiger partial charge in [0.25, 0.3) is 5.91 Å². The summed E-state index contributed by atoms with van der Waals surface area (Å²) in [5.74, 6) is -0.496. The Balaban J connectivity index is 1.46. The third-order valence-electron chi connectivity index (χ3n) is 4.02. The number of rotatable bonds is 7. The van der Waals surface area contributed by atoms with Crippen LogP contribution in [0.15, 0.2) is 54.7 Å². The lowest BCUT2D eigenvalue weighted by Gasteiger charge is -2.06. The van der Waals surface area contributed by atoms with Crippen molar-refractivity contribution in [3.05, 3.63) is 81.3 Å². The summed E-state index contributed by atoms with van der Waals surface area (Å²) in [5.41, 5.74) is 2.82. The predicted molar refractivity (Wildman–Crippen MR) is 113 cm³/mol. The van der Waals surface area contributed by atoms with E-state index in [0.717, 1.165) is 11.3 Å². The van der Waals surface area contributed by atoms with Crippen LogP contribution in [0.3, 0.4) is 0 Å². The van der Waals surface area contributed by atoms with Crippen LogP contribution in [-0.2, 0) is 11.2 Å². The molecule has 5 nitrogen and oxygen atoms in total. The maximum absolute atomic E-state index is 12.1. The summed E-state index contributed by atoms with van der Waals surface area (Å²) in [4.78, 5) is 29.5. The number of halogens is 1. The van der Waals surface area contributed by atoms with Crippen LogP contribution in [0.2, 0.25) is 5.02 Å². The number of carbonyl (C=O) groups is 2. The molecule has 0 saturated heterocycles. The van der Waals surface area contributed by atoms with Gasteiger partial charge < -0.3 is 10.6 Å². The molecule has 1 heterocycles. The third-order valence-corrected chi connectivity index (χ3v) is 5.26. The lowest BCUT2D eigenvalue weighted by atomic mass is 10.1. The van der Waals surface area contributed by atoms with E-state index in [-0.39, 0.29) is 24.8 Å². The van der Waals surface area contributed by atoms with Crippen molar-refractivity contribution in [1.82, 2.24) is 10.3 Å². The fraction of sp³-hybridized carbons (Fsp3) is 0.190. The Kier molecular flexibility index (Phi) is 6.79. The maximum atomic E-state index is 12.1. The standard InChI is InChI=1S/C21H20ClN3O2S/c1-14-5-4-6-15(11-14)12-16-13-24-21(28-16)25-19(26)9-10-23-20(27)17-7-2-3-8-18(17)22/h2-8,11,13H,9-10,12H2,1H3,(H,23,27)(H,24,25,26). The van der Waals surface area contributed by atoms with Crippen molar-refractivity contribution in [2.45, 2.75) is 19.8 Å². The molecular formula is C21H20ClN3O2S. The minimum absolute atomic E-state index is 0.156. The molecule has 2 N–H and O–H groups in total. The molecule has 0 unspecified atom stereocenters. The van der Waals surface area contributed by atoms with Crippen LogP contribution in [-0.4, -0.2) is 23.3 Å². The van der Waals surface area contributed by atoms with Crippen molar-refractivity contribution in [2.24, 2.45) is 0 Å². The number of hydrogen-bond donors (Lipinski definition) is 2. The summed E-state index contributed by atoms with van der Waals surface area (Å²) in [6.45, 7) is 2.28. The molecule has 0 fully saturated rings. The Labute approximate surface area is 172 Å². The number of hydrogen-bond acceptors (Lipinski definition) is 4. The number of nitrogens with one attached hydrogen (secondary N) is 2. The third kappa shape index (κ3) is 5.65. The molecule has 2 aromatic carbocycles. The van der Waals surface area contributed by atoms with Crippen molar-refractivity contribution in [1.29, 1.82) is 0 Å². The van der Waals surface area contributed by atoms with Crippen LogP contribution in [0, 0.1) is 6.92 Å². The lowest BCUT2D eigenvalue weighted by Crippen LogP contribution is -2.27. The highest BCUT2D eigenvalue weighted by atomic mass is 35.5. The van der Waals surface area contributed by atoms with E-state index in [1.165, 1.54) is 22.5 Å². The zero-order valence-electron chi connectivity index (χ0n) is 15.4. The fourth-order valence-electron chi connectivity index (χ4n) is 2.68. The van der Waals surface area contributed by atoms with Gasteiger partial charge in [0.2, 0.25) is 5.91 Å². The van der Waals surface area contributed by atoms with Gasteiger partial charge in [-0.3, -0.25) is 9.59 Å². The number of thiazole rings is 1. The molecule has 28 heavy (non-hydrogen) atoms. The van der Waals surface area contributed by atoms with Crippen LogP contribution in [0.4, 0.5) is 5.13 Å². The van der Waals surface area contributed by atoms with Gasteiger partial charge in [0, 0.05) is 30.5 Å². The largest absolute Gasteiger partial charge is 0.351 e. The first-order valence-corrected chi connectivity index (χ1v) is 10.0. The second-order valence-corrected chi connectivity index (χ2v) is 7.85. The van der Waals surface area contributed by atoms with E-state index in [1.54, 1.807) is 30.5 Å². The SMILES string of the molecule is Cc1cccc(Cc2cnc(NC(=O)CCNC(=O)c3ccccc3Cl)s2)c1. The Hall–Kier alpha value is -2.70. The van der Waals surface area contributed by atoms with Crippen LogP contribution >= 0.6 is 22.9 Å². The summed E-state index contributed by atoms with van der Waals surface area (Å²) in [6, 6.07) is 15.1. The van der Waals surface area contributed by atoms with E-state index in [9.17, 15) is 9.59 Å². The molecule has 1 aromatic heterocycles. The predicted octanol–water partition coefficient (Wildman–Crippen LogP) is 4.45. The molecule has 2 amide bonds. The highest BCUT2D eigenvalue weighted by molar-refractivity contribution is 7.15. The Bertz CT molecular complexity index is 987. The quantitative estimate of drug-likeness (QED) is 0.601. The Morgan fingerprint density at radius 3 is 2.75 bits per heavy atom. The van der Waals surface area contributed by atoms with Crippen LogP contribution in [0.5, 0.6) is 0 Å². The van der Waals surface area contributed by atoms with E-state index < -0.39 is 0 Å². The Morgan fingerprint density at radius 2 is 1.96 bits per heavy atom. The first-order chi connectivity index (χ1) is 13.5. The van der Waals surface area contributed by atoms with Crippen molar-refractivity contribution in [2.75, 3.05) is 11.9 Å². The van der Waals surface area contributed by atoms with Gasteiger partial charge in [-0.1, -0.05) is 53.6 Å². The van der Waals surface area contributed by atoms with Crippen molar-refractivity contribution >= 4 is 39.9 Å². The van der Waals surface area contributed by atoms with E-state index in [4.69, 9.17) is 11.6 Å². The van der Waals surface area contributed by atoms with Crippen molar-refractivity contribution < 1.29 is 9.59 Å². The molecule has 0 aliphatic heterocycles. The monoisotopic (exact) mass is 413 g/mol. The van der Waals surface area contributed by atoms with Gasteiger partial charge in [-0.15, -0.1) is 11.3 Å². The first-order valence-electron chi connectivity index (χ1n) is 8.84. The number of aromatic nitrogens is 1. The molecule has 144 valence electrons. The summed E-state index contributed by atoms with van der Waals surface area (Å²) >= 11 is 7.44. The summed E-state index contributed by atoms with van der Waals surface area (Å²) in [5, 5.41) is 6.42. The average Bonchev–Trinajstić information content (AvgIpc) is 3.08. The van der Waals surface area contributed by atoms with Gasteiger partial charge >= 0.3 is 0 Å². The van der Waals surface area contributed by atoms with Crippen molar-refractivity contribution in [3.63, 3.8) is 0 Å². The summed E-state index contributed by atoms with van der Waals surface area (Å²) in [7, 11) is 0. The molecule has 0 atom stereocenters. The molecule has 3 aromatic rings. The topological polar surface area (TPSA) is 71.1 Å². The number of aryl methyl sites for hydroxylation is 1. The number of amides is 2. The smallest absolute Gasteiger partial charge is 0.252 e. The second-order valence-electron chi connectivity index (χ2n) is 6.33. The number of nitrogens with zero attached hydrogens (tertiary/aromatic N) is 1. The van der Waals surface area contributed by atoms with Gasteiger partial charge in [0.1, 0.15) is 0 Å². The van der Waals surface area contributed by atoms with E-state index in [2.05, 4.69) is 40.7 Å². The van der Waals surface area contributed by atoms with Crippen LogP contribution in [0.1, 0.15) is 32.8 Å². The Morgan fingerprint density at radius 1 is 1.14 bits per heavy atom. The van der Waals surface area contributed by atoms with E-state index in [0.29, 0.717) is 15.7 Å². The average molecular weight is 414 g/mol. The summed E-state index contributed by atoms with van der Waals surface area (Å²) < 4.78 is 0. The van der Waals surface area contributed by atoms with Crippen molar-refractivity contribution in [3.8, 4) is 0 Å². The fourth-order valence-corrected chi connectivity index (χ4v) is 3.77. The molecule has 0 saturated carbocycles. The van der Waals surface area contributed by atoms with Gasteiger partial charge in [-0.25, -0.2) is 4.98 Å². The van der Waals surface area contributed by atoms with Crippen LogP contribution in [0.25, 0.3) is 0 Å². The minimum atomic E-state index is -0.298. The zero-order chi connectivity index (χ0) is 19.9. The number of benzene rings is 2. The van der Waals surface area contributed by atoms with Gasteiger partial charge in [0.05, 0.1) is 10.6 Å². The highest BCUT2D eigenvalue weighted by Gasteiger charge is 2.11. The van der Waals surface area contributed by atoms with E-state index in [1.807, 2.05) is 6.07 Å². The van der Waals surface area contributed by atoms with Crippen LogP contribution < -0.4 is 10.6 Å². The molecule has 3 rings (SSSR count). The van der Waals surface area contributed by atoms with Gasteiger partial charge in [0.15, 0.2) is 5.13 Å². The number of carbonyl (C=O) groups excluding carboxylic acids is 2. The molecule has 0 aliphatic rings. The molecule has 0 bridgehead atoms. The maximum Gasteiger partial charge on any atom is 0.252 e. The molecule has 0 aliphatic carbocycles. The molecule has 0 spiro atoms. The lowest BCUT2D eigenvalue weighted by molar-refractivity contribution is -0.116. The first kappa shape index (κ1) is 20.0. The van der Waals surface area contributed by atoms with E-state index >= 15 is 0 Å². The minimum Gasteiger partial charge on any atom is -0.351 e. The second kappa shape index (κ2) is 9.48. The normalized spacial score (nSPS) is 10.5. The molecule has 0 radical (unpaired) electrons. The molecular weight excluding hydrogens is 394 g/mol.